The number of rotatable bonds is 4. The molecule has 0 spiro atoms. The van der Waals surface area contributed by atoms with Crippen LogP contribution in [0, 0.1) is 11.3 Å². The molecule has 0 aliphatic heterocycles. The lowest BCUT2D eigenvalue weighted by Crippen LogP contribution is -2.48. The lowest BCUT2D eigenvalue weighted by molar-refractivity contribution is -0.143. The zero-order valence-corrected chi connectivity index (χ0v) is 12.7. The minimum Gasteiger partial charge on any atom is -0.481 e. The minimum absolute atomic E-state index is 0.0243. The second-order valence-corrected chi connectivity index (χ2v) is 6.92. The van der Waals surface area contributed by atoms with Gasteiger partial charge in [-0.3, -0.25) is 9.59 Å². The first-order chi connectivity index (χ1) is 7.87. The molecule has 0 aromatic rings. The first-order valence-electron chi connectivity index (χ1n) is 6.37. The maximum Gasteiger partial charge on any atom is 0.303 e. The second-order valence-electron chi connectivity index (χ2n) is 6.92. The van der Waals surface area contributed by atoms with Gasteiger partial charge >= 0.3 is 5.97 Å². The number of amides is 1. The summed E-state index contributed by atoms with van der Waals surface area (Å²) in [6.07, 6.45) is 0.420. The van der Waals surface area contributed by atoms with Crippen molar-refractivity contribution in [3.05, 3.63) is 0 Å². The molecule has 1 amide bonds. The van der Waals surface area contributed by atoms with Gasteiger partial charge in [0, 0.05) is 24.9 Å². The van der Waals surface area contributed by atoms with Crippen molar-refractivity contribution >= 4 is 11.9 Å². The molecule has 0 radical (unpaired) electrons. The molecule has 0 unspecified atom stereocenters. The molecule has 0 aliphatic carbocycles. The Morgan fingerprint density at radius 2 is 1.56 bits per heavy atom. The van der Waals surface area contributed by atoms with E-state index in [9.17, 15) is 9.59 Å². The highest BCUT2D eigenvalue weighted by Gasteiger charge is 2.36. The number of nitrogens with zero attached hydrogens (tertiary/aromatic N) is 1. The predicted molar refractivity (Wildman–Crippen MR) is 72.3 cm³/mol. The van der Waals surface area contributed by atoms with Crippen molar-refractivity contribution in [2.24, 2.45) is 11.3 Å². The number of hydrogen-bond donors (Lipinski definition) is 1. The van der Waals surface area contributed by atoms with Crippen molar-refractivity contribution in [1.82, 2.24) is 4.90 Å². The zero-order valence-electron chi connectivity index (χ0n) is 12.7. The topological polar surface area (TPSA) is 57.6 Å². The van der Waals surface area contributed by atoms with Crippen LogP contribution in [0.4, 0.5) is 0 Å². The summed E-state index contributed by atoms with van der Waals surface area (Å²) in [6.45, 7) is 11.9. The van der Waals surface area contributed by atoms with E-state index in [1.165, 1.54) is 0 Å². The van der Waals surface area contributed by atoms with Crippen LogP contribution in [0.25, 0.3) is 0 Å². The summed E-state index contributed by atoms with van der Waals surface area (Å²) in [4.78, 5) is 24.9. The van der Waals surface area contributed by atoms with Crippen molar-refractivity contribution in [3.8, 4) is 0 Å². The SMILES string of the molecule is CN(C(=O)[C@H](CCC(=O)O)C(C)(C)C)C(C)(C)C. The summed E-state index contributed by atoms with van der Waals surface area (Å²) in [5.74, 6) is -1.09. The average molecular weight is 257 g/mol. The van der Waals surface area contributed by atoms with Gasteiger partial charge < -0.3 is 10.0 Å². The molecule has 0 saturated heterocycles. The Kier molecular flexibility index (Phi) is 5.38. The Morgan fingerprint density at radius 1 is 1.11 bits per heavy atom. The third-order valence-corrected chi connectivity index (χ3v) is 3.33. The third-order valence-electron chi connectivity index (χ3n) is 3.33. The fraction of sp³-hybridized carbons (Fsp3) is 0.857. The van der Waals surface area contributed by atoms with Crippen LogP contribution < -0.4 is 0 Å². The summed E-state index contributed by atoms with van der Waals surface area (Å²) in [6, 6.07) is 0. The number of carbonyl (C=O) groups is 2. The standard InChI is InChI=1S/C14H27NO3/c1-13(2,3)10(8-9-11(16)17)12(18)15(7)14(4,5)6/h10H,8-9H2,1-7H3,(H,16,17)/t10-/m0/s1. The second kappa shape index (κ2) is 5.72. The lowest BCUT2D eigenvalue weighted by Gasteiger charge is -2.39. The van der Waals surface area contributed by atoms with Crippen LogP contribution in [0.15, 0.2) is 0 Å². The molecule has 0 aromatic carbocycles. The molecule has 4 nitrogen and oxygen atoms in total. The van der Waals surface area contributed by atoms with Crippen LogP contribution in [-0.4, -0.2) is 34.5 Å². The molecular weight excluding hydrogens is 230 g/mol. The Hall–Kier alpha value is -1.06. The van der Waals surface area contributed by atoms with Gasteiger partial charge in [-0.05, 0) is 32.6 Å². The van der Waals surface area contributed by atoms with E-state index >= 15 is 0 Å². The Morgan fingerprint density at radius 3 is 1.83 bits per heavy atom. The third kappa shape index (κ3) is 5.07. The quantitative estimate of drug-likeness (QED) is 0.842. The van der Waals surface area contributed by atoms with Gasteiger partial charge in [0.05, 0.1) is 0 Å². The zero-order chi connectivity index (χ0) is 14.7. The minimum atomic E-state index is -0.851. The molecule has 1 atom stereocenters. The van der Waals surface area contributed by atoms with Crippen LogP contribution in [-0.2, 0) is 9.59 Å². The van der Waals surface area contributed by atoms with Gasteiger partial charge in [0.15, 0.2) is 0 Å². The molecule has 0 rings (SSSR count). The van der Waals surface area contributed by atoms with Crippen LogP contribution in [0.5, 0.6) is 0 Å². The monoisotopic (exact) mass is 257 g/mol. The van der Waals surface area contributed by atoms with Crippen LogP contribution >= 0.6 is 0 Å². The van der Waals surface area contributed by atoms with Crippen molar-refractivity contribution in [1.29, 1.82) is 0 Å². The molecule has 0 saturated carbocycles. The fourth-order valence-corrected chi connectivity index (χ4v) is 1.76. The highest BCUT2D eigenvalue weighted by Crippen LogP contribution is 2.32. The van der Waals surface area contributed by atoms with E-state index in [0.717, 1.165) is 0 Å². The van der Waals surface area contributed by atoms with E-state index in [2.05, 4.69) is 0 Å². The lowest BCUT2D eigenvalue weighted by atomic mass is 9.76. The van der Waals surface area contributed by atoms with Crippen LogP contribution in [0.3, 0.4) is 0 Å². The van der Waals surface area contributed by atoms with Gasteiger partial charge in [-0.2, -0.15) is 0 Å². The Bertz CT molecular complexity index is 310. The predicted octanol–water partition coefficient (Wildman–Crippen LogP) is 2.77. The largest absolute Gasteiger partial charge is 0.481 e. The fourth-order valence-electron chi connectivity index (χ4n) is 1.76. The molecule has 1 N–H and O–H groups in total. The maximum atomic E-state index is 12.5. The normalized spacial score (nSPS) is 14.2. The summed E-state index contributed by atoms with van der Waals surface area (Å²) >= 11 is 0. The molecule has 18 heavy (non-hydrogen) atoms. The maximum absolute atomic E-state index is 12.5. The van der Waals surface area contributed by atoms with Gasteiger partial charge in [0.1, 0.15) is 0 Å². The highest BCUT2D eigenvalue weighted by atomic mass is 16.4. The van der Waals surface area contributed by atoms with Gasteiger partial charge in [-0.15, -0.1) is 0 Å². The molecule has 0 fully saturated rings. The first kappa shape index (κ1) is 16.9. The van der Waals surface area contributed by atoms with Gasteiger partial charge in [0.2, 0.25) is 5.91 Å². The number of carboxylic acid groups (broad SMARTS) is 1. The van der Waals surface area contributed by atoms with E-state index in [-0.39, 0.29) is 29.2 Å². The van der Waals surface area contributed by atoms with Crippen LogP contribution in [0.1, 0.15) is 54.4 Å². The average Bonchev–Trinajstić information content (AvgIpc) is 2.12. The molecule has 0 bridgehead atoms. The number of carbonyl (C=O) groups excluding carboxylic acids is 1. The van der Waals surface area contributed by atoms with Crippen molar-refractivity contribution in [3.63, 3.8) is 0 Å². The highest BCUT2D eigenvalue weighted by molar-refractivity contribution is 5.80. The van der Waals surface area contributed by atoms with E-state index < -0.39 is 5.97 Å². The van der Waals surface area contributed by atoms with Crippen molar-refractivity contribution in [2.75, 3.05) is 7.05 Å². The summed E-state index contributed by atoms with van der Waals surface area (Å²) in [7, 11) is 1.78. The molecular formula is C14H27NO3. The smallest absolute Gasteiger partial charge is 0.303 e. The number of hydrogen-bond acceptors (Lipinski definition) is 2. The van der Waals surface area contributed by atoms with Crippen molar-refractivity contribution < 1.29 is 14.7 Å². The summed E-state index contributed by atoms with van der Waals surface area (Å²) in [5.41, 5.74) is -0.476. The van der Waals surface area contributed by atoms with E-state index in [1.807, 2.05) is 41.5 Å². The molecule has 0 aliphatic rings. The van der Waals surface area contributed by atoms with Gasteiger partial charge in [-0.25, -0.2) is 0 Å². The molecule has 0 aromatic heterocycles. The van der Waals surface area contributed by atoms with E-state index in [4.69, 9.17) is 5.11 Å². The molecule has 106 valence electrons. The Balaban J connectivity index is 4.98. The summed E-state index contributed by atoms with van der Waals surface area (Å²) < 4.78 is 0. The molecule has 0 heterocycles. The molecule has 4 heteroatoms. The summed E-state index contributed by atoms with van der Waals surface area (Å²) in [5, 5.41) is 8.78. The van der Waals surface area contributed by atoms with Gasteiger partial charge in [0.25, 0.3) is 0 Å². The van der Waals surface area contributed by atoms with Crippen LogP contribution in [0.2, 0.25) is 0 Å². The van der Waals surface area contributed by atoms with E-state index in [1.54, 1.807) is 11.9 Å². The van der Waals surface area contributed by atoms with E-state index in [0.29, 0.717) is 6.42 Å². The first-order valence-corrected chi connectivity index (χ1v) is 6.37. The number of carboxylic acids is 1. The Labute approximate surface area is 110 Å². The van der Waals surface area contributed by atoms with Crippen molar-refractivity contribution in [2.45, 2.75) is 59.9 Å². The van der Waals surface area contributed by atoms with Gasteiger partial charge in [-0.1, -0.05) is 20.8 Å². The number of aliphatic carboxylic acids is 1.